The molecule has 1 aromatic carbocycles. The number of carbonyl (C=O) groups is 1. The second kappa shape index (κ2) is 7.29. The van der Waals surface area contributed by atoms with Crippen LogP contribution in [0.2, 0.25) is 0 Å². The van der Waals surface area contributed by atoms with Crippen molar-refractivity contribution in [1.29, 1.82) is 5.41 Å². The van der Waals surface area contributed by atoms with Crippen LogP contribution in [0.3, 0.4) is 0 Å². The van der Waals surface area contributed by atoms with E-state index in [1.165, 1.54) is 11.9 Å². The first-order valence-electron chi connectivity index (χ1n) is 8.25. The van der Waals surface area contributed by atoms with Crippen LogP contribution in [-0.4, -0.2) is 47.1 Å². The highest BCUT2D eigenvalue weighted by molar-refractivity contribution is 6.26. The van der Waals surface area contributed by atoms with Crippen LogP contribution >= 0.6 is 0 Å². The van der Waals surface area contributed by atoms with E-state index in [2.05, 4.69) is 15.3 Å². The number of rotatable bonds is 3. The van der Waals surface area contributed by atoms with E-state index < -0.39 is 11.9 Å². The molecular weight excluding hydrogens is 318 g/mol. The highest BCUT2D eigenvalue weighted by Crippen LogP contribution is 2.21. The lowest BCUT2D eigenvalue weighted by molar-refractivity contribution is -0.143. The minimum atomic E-state index is -0.784. The largest absolute Gasteiger partial charge is 0.481 e. The van der Waals surface area contributed by atoms with Crippen molar-refractivity contribution in [2.75, 3.05) is 18.4 Å². The second-order valence-corrected chi connectivity index (χ2v) is 6.24. The molecule has 0 aliphatic carbocycles. The Labute approximate surface area is 146 Å². The number of carboxylic acids is 1. The SMILES string of the molecule is Cc1ccc(N/C=C2\C(=N)N=CN=C2N2CCCC(C(=O)O)C2)cc1. The third-order valence-electron chi connectivity index (χ3n) is 4.37. The molecule has 2 heterocycles. The van der Waals surface area contributed by atoms with Gasteiger partial charge in [0, 0.05) is 25.0 Å². The Hall–Kier alpha value is -2.96. The van der Waals surface area contributed by atoms with Gasteiger partial charge in [0.05, 0.1) is 11.5 Å². The maximum absolute atomic E-state index is 11.3. The summed E-state index contributed by atoms with van der Waals surface area (Å²) in [7, 11) is 0. The number of piperidine rings is 1. The van der Waals surface area contributed by atoms with E-state index >= 15 is 0 Å². The van der Waals surface area contributed by atoms with Crippen molar-refractivity contribution in [3.8, 4) is 0 Å². The predicted molar refractivity (Wildman–Crippen MR) is 98.5 cm³/mol. The van der Waals surface area contributed by atoms with Crippen molar-refractivity contribution >= 4 is 29.7 Å². The fourth-order valence-corrected chi connectivity index (χ4v) is 2.95. The Morgan fingerprint density at radius 2 is 2.16 bits per heavy atom. The zero-order valence-corrected chi connectivity index (χ0v) is 14.1. The first kappa shape index (κ1) is 16.9. The summed E-state index contributed by atoms with van der Waals surface area (Å²) in [6, 6.07) is 7.92. The van der Waals surface area contributed by atoms with E-state index in [-0.39, 0.29) is 5.84 Å². The zero-order chi connectivity index (χ0) is 17.8. The Kier molecular flexibility index (Phi) is 4.92. The molecule has 7 heteroatoms. The van der Waals surface area contributed by atoms with Gasteiger partial charge in [-0.25, -0.2) is 9.98 Å². The number of aliphatic imine (C=N–C) groups is 2. The lowest BCUT2D eigenvalue weighted by Crippen LogP contribution is -2.44. The van der Waals surface area contributed by atoms with Gasteiger partial charge in [-0.15, -0.1) is 0 Å². The van der Waals surface area contributed by atoms with Gasteiger partial charge in [-0.05, 0) is 31.9 Å². The molecule has 0 saturated carbocycles. The number of hydrogen-bond acceptors (Lipinski definition) is 5. The van der Waals surface area contributed by atoms with Gasteiger partial charge in [0.2, 0.25) is 0 Å². The summed E-state index contributed by atoms with van der Waals surface area (Å²) in [4.78, 5) is 21.5. The molecule has 3 rings (SSSR count). The van der Waals surface area contributed by atoms with Crippen LogP contribution in [0.15, 0.2) is 46.0 Å². The molecule has 1 aromatic rings. The average molecular weight is 339 g/mol. The number of likely N-dealkylation sites (tertiary alicyclic amines) is 1. The number of anilines is 1. The molecule has 0 spiro atoms. The highest BCUT2D eigenvalue weighted by Gasteiger charge is 2.30. The smallest absolute Gasteiger partial charge is 0.308 e. The van der Waals surface area contributed by atoms with Gasteiger partial charge in [0.25, 0.3) is 0 Å². The molecule has 7 nitrogen and oxygen atoms in total. The molecule has 3 N–H and O–H groups in total. The Bertz CT molecular complexity index is 764. The van der Waals surface area contributed by atoms with E-state index in [0.29, 0.717) is 24.4 Å². The average Bonchev–Trinajstić information content (AvgIpc) is 2.62. The van der Waals surface area contributed by atoms with Gasteiger partial charge < -0.3 is 15.3 Å². The number of aliphatic carboxylic acids is 1. The number of benzene rings is 1. The second-order valence-electron chi connectivity index (χ2n) is 6.24. The van der Waals surface area contributed by atoms with Crippen LogP contribution in [-0.2, 0) is 4.79 Å². The summed E-state index contributed by atoms with van der Waals surface area (Å²) in [5, 5.41) is 20.6. The molecule has 1 atom stereocenters. The molecule has 1 saturated heterocycles. The summed E-state index contributed by atoms with van der Waals surface area (Å²) in [5.41, 5.74) is 2.64. The maximum Gasteiger partial charge on any atom is 0.308 e. The van der Waals surface area contributed by atoms with Crippen molar-refractivity contribution in [2.24, 2.45) is 15.9 Å². The van der Waals surface area contributed by atoms with Crippen molar-refractivity contribution in [2.45, 2.75) is 19.8 Å². The number of carboxylic acid groups (broad SMARTS) is 1. The number of nitrogens with zero attached hydrogens (tertiary/aromatic N) is 3. The minimum absolute atomic E-state index is 0.113. The monoisotopic (exact) mass is 339 g/mol. The minimum Gasteiger partial charge on any atom is -0.481 e. The lowest BCUT2D eigenvalue weighted by Gasteiger charge is -2.34. The third kappa shape index (κ3) is 3.93. The van der Waals surface area contributed by atoms with Gasteiger partial charge >= 0.3 is 5.97 Å². The number of aryl methyl sites for hydroxylation is 1. The van der Waals surface area contributed by atoms with Gasteiger partial charge in [-0.2, -0.15) is 0 Å². The maximum atomic E-state index is 11.3. The number of amidine groups is 2. The Morgan fingerprint density at radius 1 is 1.40 bits per heavy atom. The van der Waals surface area contributed by atoms with E-state index in [0.717, 1.165) is 18.7 Å². The molecule has 0 amide bonds. The van der Waals surface area contributed by atoms with E-state index in [4.69, 9.17) is 5.41 Å². The quantitative estimate of drug-likeness (QED) is 0.787. The molecule has 0 aromatic heterocycles. The van der Waals surface area contributed by atoms with Gasteiger partial charge in [0.15, 0.2) is 5.84 Å². The normalized spacial score (nSPS) is 22.0. The molecule has 0 bridgehead atoms. The van der Waals surface area contributed by atoms with Crippen LogP contribution in [0.1, 0.15) is 18.4 Å². The molecule has 2 aliphatic heterocycles. The molecule has 25 heavy (non-hydrogen) atoms. The van der Waals surface area contributed by atoms with Gasteiger partial charge in [-0.1, -0.05) is 17.7 Å². The summed E-state index contributed by atoms with van der Waals surface area (Å²) in [5.74, 6) is -0.475. The number of hydrogen-bond donors (Lipinski definition) is 3. The van der Waals surface area contributed by atoms with Gasteiger partial charge in [-0.3, -0.25) is 10.2 Å². The molecule has 130 valence electrons. The zero-order valence-electron chi connectivity index (χ0n) is 14.1. The summed E-state index contributed by atoms with van der Waals surface area (Å²) >= 11 is 0. The van der Waals surface area contributed by atoms with Crippen LogP contribution in [0, 0.1) is 18.3 Å². The molecule has 1 fully saturated rings. The van der Waals surface area contributed by atoms with Crippen LogP contribution in [0.4, 0.5) is 5.69 Å². The van der Waals surface area contributed by atoms with E-state index in [1.807, 2.05) is 36.1 Å². The fraction of sp³-hybridized carbons (Fsp3) is 0.333. The standard InChI is InChI=1S/C18H21N5O2/c1-12-4-6-14(7-5-12)20-9-15-16(19)21-11-22-17(15)23-8-2-3-13(10-23)18(24)25/h4-7,9,11,13,19-20H,2-3,8,10H2,1H3,(H,24,25)/b15-9+,19-16?. The summed E-state index contributed by atoms with van der Waals surface area (Å²) in [6.45, 7) is 3.15. The van der Waals surface area contributed by atoms with Crippen LogP contribution in [0.5, 0.6) is 0 Å². The van der Waals surface area contributed by atoms with Gasteiger partial charge in [0.1, 0.15) is 12.2 Å². The Morgan fingerprint density at radius 3 is 2.88 bits per heavy atom. The Balaban J connectivity index is 1.81. The van der Waals surface area contributed by atoms with Crippen molar-refractivity contribution in [3.05, 3.63) is 41.6 Å². The fourth-order valence-electron chi connectivity index (χ4n) is 2.95. The molecular formula is C18H21N5O2. The first-order chi connectivity index (χ1) is 12.0. The first-order valence-corrected chi connectivity index (χ1v) is 8.25. The lowest BCUT2D eigenvalue weighted by atomic mass is 9.97. The van der Waals surface area contributed by atoms with Crippen LogP contribution in [0.25, 0.3) is 0 Å². The topological polar surface area (TPSA) is 101 Å². The van der Waals surface area contributed by atoms with Crippen molar-refractivity contribution in [3.63, 3.8) is 0 Å². The predicted octanol–water partition coefficient (Wildman–Crippen LogP) is 2.51. The third-order valence-corrected chi connectivity index (χ3v) is 4.37. The van der Waals surface area contributed by atoms with E-state index in [1.54, 1.807) is 6.20 Å². The molecule has 0 radical (unpaired) electrons. The summed E-state index contributed by atoms with van der Waals surface area (Å²) < 4.78 is 0. The molecule has 1 unspecified atom stereocenters. The molecule has 2 aliphatic rings. The number of nitrogens with one attached hydrogen (secondary N) is 2. The van der Waals surface area contributed by atoms with Crippen molar-refractivity contribution < 1.29 is 9.90 Å². The van der Waals surface area contributed by atoms with Crippen molar-refractivity contribution in [1.82, 2.24) is 4.90 Å². The van der Waals surface area contributed by atoms with E-state index in [9.17, 15) is 9.90 Å². The summed E-state index contributed by atoms with van der Waals surface area (Å²) in [6.07, 6.45) is 4.53. The highest BCUT2D eigenvalue weighted by atomic mass is 16.4. The van der Waals surface area contributed by atoms with Crippen LogP contribution < -0.4 is 5.32 Å².